The Morgan fingerprint density at radius 1 is 0.944 bits per heavy atom. The van der Waals surface area contributed by atoms with Gasteiger partial charge in [-0.1, -0.05) is 108 Å². The van der Waals surface area contributed by atoms with Gasteiger partial charge in [-0.25, -0.2) is 5.01 Å². The molecule has 3 aromatic carbocycles. The SMILES string of the molecule is CC(C)=CCC/C(C)=C/CN1C(=O)[C@](O)([C@H](C)/C=C/CCn2cc(C(CO)c3ccccc3)nn2)c2cc(N3N=C(c4ccccc4)CCC3=O)ccc21. The fourth-order valence-corrected chi connectivity index (χ4v) is 7.06. The van der Waals surface area contributed by atoms with E-state index in [1.54, 1.807) is 21.7 Å². The first-order chi connectivity index (χ1) is 26.1. The highest BCUT2D eigenvalue weighted by atomic mass is 16.3. The van der Waals surface area contributed by atoms with Crippen molar-refractivity contribution in [2.24, 2.45) is 11.0 Å². The summed E-state index contributed by atoms with van der Waals surface area (Å²) in [5.74, 6) is -1.42. The van der Waals surface area contributed by atoms with Crippen LogP contribution in [-0.2, 0) is 21.7 Å². The Balaban J connectivity index is 1.25. The maximum Gasteiger partial charge on any atom is 0.264 e. The number of aryl methyl sites for hydroxylation is 1. The van der Waals surface area contributed by atoms with Crippen molar-refractivity contribution in [1.82, 2.24) is 15.0 Å². The van der Waals surface area contributed by atoms with Gasteiger partial charge in [0.05, 0.1) is 35.3 Å². The molecule has 0 aliphatic carbocycles. The number of amides is 2. The number of fused-ring (bicyclic) bond motifs is 1. The predicted octanol–water partition coefficient (Wildman–Crippen LogP) is 7.44. The molecule has 10 nitrogen and oxygen atoms in total. The van der Waals surface area contributed by atoms with E-state index >= 15 is 0 Å². The Bertz CT molecular complexity index is 2060. The number of hydrogen-bond acceptors (Lipinski definition) is 7. The number of allylic oxidation sites excluding steroid dienone is 4. The van der Waals surface area contributed by atoms with Crippen molar-refractivity contribution in [3.8, 4) is 0 Å². The number of benzene rings is 3. The zero-order valence-electron chi connectivity index (χ0n) is 31.6. The molecule has 0 saturated heterocycles. The quantitative estimate of drug-likeness (QED) is 0.123. The van der Waals surface area contributed by atoms with Gasteiger partial charge in [0.2, 0.25) is 5.91 Å². The molecule has 2 amide bonds. The monoisotopic (exact) mass is 726 g/mol. The van der Waals surface area contributed by atoms with Gasteiger partial charge in [-0.2, -0.15) is 5.10 Å². The largest absolute Gasteiger partial charge is 0.395 e. The highest BCUT2D eigenvalue weighted by Gasteiger charge is 2.52. The van der Waals surface area contributed by atoms with Crippen LogP contribution in [0.4, 0.5) is 11.4 Å². The van der Waals surface area contributed by atoms with E-state index in [9.17, 15) is 19.8 Å². The van der Waals surface area contributed by atoms with E-state index in [4.69, 9.17) is 5.10 Å². The summed E-state index contributed by atoms with van der Waals surface area (Å²) in [6.45, 7) is 8.83. The summed E-state index contributed by atoms with van der Waals surface area (Å²) in [4.78, 5) is 29.2. The Hall–Kier alpha value is -5.45. The highest BCUT2D eigenvalue weighted by molar-refractivity contribution is 6.10. The lowest BCUT2D eigenvalue weighted by atomic mass is 9.82. The summed E-state index contributed by atoms with van der Waals surface area (Å²) in [6.07, 6.45) is 13.1. The van der Waals surface area contributed by atoms with Crippen LogP contribution in [-0.4, -0.2) is 55.9 Å². The average Bonchev–Trinajstić information content (AvgIpc) is 3.73. The average molecular weight is 727 g/mol. The van der Waals surface area contributed by atoms with E-state index in [0.29, 0.717) is 55.0 Å². The van der Waals surface area contributed by atoms with Crippen molar-refractivity contribution in [2.45, 2.75) is 77.9 Å². The van der Waals surface area contributed by atoms with Gasteiger partial charge < -0.3 is 15.1 Å². The molecule has 6 rings (SSSR count). The summed E-state index contributed by atoms with van der Waals surface area (Å²) in [5, 5.41) is 37.3. The van der Waals surface area contributed by atoms with Crippen molar-refractivity contribution < 1.29 is 19.8 Å². The summed E-state index contributed by atoms with van der Waals surface area (Å²) >= 11 is 0. The molecule has 1 aromatic heterocycles. The van der Waals surface area contributed by atoms with E-state index in [0.717, 1.165) is 35.3 Å². The van der Waals surface area contributed by atoms with Crippen LogP contribution in [0.25, 0.3) is 0 Å². The zero-order chi connectivity index (χ0) is 38.2. The molecule has 0 bridgehead atoms. The normalized spacial score (nSPS) is 18.6. The Labute approximate surface area is 317 Å². The number of aliphatic hydroxyl groups is 2. The first-order valence-electron chi connectivity index (χ1n) is 18.8. The molecule has 0 radical (unpaired) electrons. The minimum absolute atomic E-state index is 0.0787. The molecule has 0 fully saturated rings. The second-order valence-corrected chi connectivity index (χ2v) is 14.4. The lowest BCUT2D eigenvalue weighted by Gasteiger charge is -2.28. The van der Waals surface area contributed by atoms with Gasteiger partial charge in [0.1, 0.15) is 0 Å². The fraction of sp³-hybridized carbons (Fsp3) is 0.341. The van der Waals surface area contributed by atoms with Crippen LogP contribution in [0.2, 0.25) is 0 Å². The molecule has 0 saturated carbocycles. The fourth-order valence-electron chi connectivity index (χ4n) is 7.06. The maximum absolute atomic E-state index is 14.3. The van der Waals surface area contributed by atoms with Gasteiger partial charge >= 0.3 is 0 Å². The number of hydrogen-bond donors (Lipinski definition) is 2. The van der Waals surface area contributed by atoms with E-state index in [-0.39, 0.29) is 18.4 Å². The minimum Gasteiger partial charge on any atom is -0.395 e. The van der Waals surface area contributed by atoms with Crippen molar-refractivity contribution in [3.63, 3.8) is 0 Å². The first-order valence-corrected chi connectivity index (χ1v) is 18.8. The molecule has 4 aromatic rings. The zero-order valence-corrected chi connectivity index (χ0v) is 31.6. The second kappa shape index (κ2) is 17.1. The Kier molecular flexibility index (Phi) is 12.1. The third-order valence-electron chi connectivity index (χ3n) is 10.3. The molecule has 2 aliphatic rings. The smallest absolute Gasteiger partial charge is 0.264 e. The van der Waals surface area contributed by atoms with Crippen LogP contribution in [0.3, 0.4) is 0 Å². The molecule has 1 unspecified atom stereocenters. The number of hydrazone groups is 1. The Morgan fingerprint density at radius 2 is 1.69 bits per heavy atom. The Morgan fingerprint density at radius 3 is 2.41 bits per heavy atom. The number of aliphatic hydroxyl groups excluding tert-OH is 1. The number of carbonyl (C=O) groups is 2. The molecule has 10 heteroatoms. The van der Waals surface area contributed by atoms with Crippen molar-refractivity contribution >= 4 is 28.9 Å². The van der Waals surface area contributed by atoms with E-state index < -0.39 is 17.4 Å². The van der Waals surface area contributed by atoms with Crippen LogP contribution < -0.4 is 9.91 Å². The number of nitrogens with zero attached hydrogens (tertiary/aromatic N) is 6. The van der Waals surface area contributed by atoms with E-state index in [1.165, 1.54) is 10.6 Å². The first kappa shape index (κ1) is 38.3. The number of rotatable bonds is 15. The molecule has 2 aliphatic heterocycles. The topological polar surface area (TPSA) is 124 Å². The van der Waals surface area contributed by atoms with Crippen LogP contribution in [0, 0.1) is 5.92 Å². The van der Waals surface area contributed by atoms with Crippen LogP contribution in [0.15, 0.2) is 126 Å². The molecule has 0 spiro atoms. The maximum atomic E-state index is 14.3. The van der Waals surface area contributed by atoms with Crippen LogP contribution in [0.1, 0.15) is 88.1 Å². The molecule has 54 heavy (non-hydrogen) atoms. The van der Waals surface area contributed by atoms with Crippen molar-refractivity contribution in [3.05, 3.63) is 143 Å². The summed E-state index contributed by atoms with van der Waals surface area (Å²) in [5.41, 5.74) is 5.53. The third-order valence-corrected chi connectivity index (χ3v) is 10.3. The van der Waals surface area contributed by atoms with E-state index in [2.05, 4.69) is 43.2 Å². The van der Waals surface area contributed by atoms with Gasteiger partial charge in [-0.3, -0.25) is 14.3 Å². The van der Waals surface area contributed by atoms with Crippen LogP contribution in [0.5, 0.6) is 0 Å². The summed E-state index contributed by atoms with van der Waals surface area (Å²) < 4.78 is 1.74. The number of anilines is 2. The van der Waals surface area contributed by atoms with Crippen LogP contribution >= 0.6 is 0 Å². The molecular weight excluding hydrogens is 677 g/mol. The number of carbonyl (C=O) groups excluding carboxylic acids is 2. The van der Waals surface area contributed by atoms with Gasteiger partial charge in [0.15, 0.2) is 5.60 Å². The predicted molar refractivity (Wildman–Crippen MR) is 213 cm³/mol. The molecule has 2 N–H and O–H groups in total. The van der Waals surface area contributed by atoms with Gasteiger partial charge in [-0.05, 0) is 69.4 Å². The summed E-state index contributed by atoms with van der Waals surface area (Å²) in [7, 11) is 0. The third kappa shape index (κ3) is 8.35. The summed E-state index contributed by atoms with van der Waals surface area (Å²) in [6, 6.07) is 24.9. The van der Waals surface area contributed by atoms with Gasteiger partial charge in [-0.15, -0.1) is 5.10 Å². The molecule has 280 valence electrons. The standard InChI is InChI=1S/C44H50N6O4/c1-31(2)14-13-15-32(3)25-27-49-41-23-21-36(50-42(52)24-22-39(46-50)35-19-9-6-10-20-35)28-38(41)44(54,43(49)53)33(4)16-11-12-26-48-29-40(45-47-48)37(30-51)34-17-7-5-8-18-34/h5-11,14,16-21,23,25,28-29,33,37,51,54H,12-13,15,22,24,26-27,30H2,1-4H3/b16-11+,32-25+/t33-,37?,44+/m1/s1. The number of aromatic nitrogens is 3. The highest BCUT2D eigenvalue weighted by Crippen LogP contribution is 2.47. The lowest BCUT2D eigenvalue weighted by molar-refractivity contribution is -0.139. The molecular formula is C44H50N6O4. The lowest BCUT2D eigenvalue weighted by Crippen LogP contribution is -2.44. The second-order valence-electron chi connectivity index (χ2n) is 14.4. The molecule has 3 heterocycles. The van der Waals surface area contributed by atoms with Gasteiger partial charge in [0.25, 0.3) is 5.91 Å². The van der Waals surface area contributed by atoms with Gasteiger partial charge in [0, 0.05) is 43.6 Å². The van der Waals surface area contributed by atoms with Crippen molar-refractivity contribution in [2.75, 3.05) is 23.1 Å². The van der Waals surface area contributed by atoms with E-state index in [1.807, 2.05) is 92.0 Å². The van der Waals surface area contributed by atoms with Crippen molar-refractivity contribution in [1.29, 1.82) is 0 Å². The minimum atomic E-state index is -1.87. The molecule has 3 atom stereocenters.